The van der Waals surface area contributed by atoms with Gasteiger partial charge in [-0.2, -0.15) is 0 Å². The first-order valence-corrected chi connectivity index (χ1v) is 7.98. The van der Waals surface area contributed by atoms with Crippen LogP contribution < -0.4 is 10.6 Å². The van der Waals surface area contributed by atoms with Gasteiger partial charge in [0.15, 0.2) is 9.84 Å². The highest BCUT2D eigenvalue weighted by Gasteiger charge is 1.98. The minimum absolute atomic E-state index is 0.829. The van der Waals surface area contributed by atoms with Gasteiger partial charge in [-0.1, -0.05) is 36.4 Å². The summed E-state index contributed by atoms with van der Waals surface area (Å²) in [6.07, 6.45) is 2.80. The lowest BCUT2D eigenvalue weighted by molar-refractivity contribution is 0.612. The van der Waals surface area contributed by atoms with E-state index in [0.717, 1.165) is 22.2 Å². The second kappa shape index (κ2) is 7.31. The SMILES string of the molecule is O=S(=O)(C=CNc1ccccc1)C=CNc1ccccc1. The Morgan fingerprint density at radius 3 is 1.43 bits per heavy atom. The molecule has 0 heterocycles. The Morgan fingerprint density at radius 2 is 1.05 bits per heavy atom. The van der Waals surface area contributed by atoms with E-state index in [2.05, 4.69) is 10.6 Å². The van der Waals surface area contributed by atoms with Crippen LogP contribution in [0, 0.1) is 0 Å². The summed E-state index contributed by atoms with van der Waals surface area (Å²) in [5.41, 5.74) is 1.66. The Bertz CT molecular complexity index is 651. The van der Waals surface area contributed by atoms with Crippen molar-refractivity contribution in [2.75, 3.05) is 10.6 Å². The molecule has 0 aliphatic heterocycles. The van der Waals surface area contributed by atoms with E-state index >= 15 is 0 Å². The second-order valence-corrected chi connectivity index (χ2v) is 5.94. The van der Waals surface area contributed by atoms with E-state index in [1.807, 2.05) is 60.7 Å². The molecule has 0 amide bonds. The van der Waals surface area contributed by atoms with Crippen LogP contribution in [0.1, 0.15) is 0 Å². The molecule has 21 heavy (non-hydrogen) atoms. The van der Waals surface area contributed by atoms with Crippen molar-refractivity contribution in [2.45, 2.75) is 0 Å². The summed E-state index contributed by atoms with van der Waals surface area (Å²) < 4.78 is 23.5. The number of benzene rings is 2. The number of rotatable bonds is 6. The van der Waals surface area contributed by atoms with Gasteiger partial charge in [-0.15, -0.1) is 0 Å². The van der Waals surface area contributed by atoms with Crippen LogP contribution >= 0.6 is 0 Å². The van der Waals surface area contributed by atoms with Crippen LogP contribution in [0.2, 0.25) is 0 Å². The van der Waals surface area contributed by atoms with Gasteiger partial charge in [-0.05, 0) is 24.3 Å². The van der Waals surface area contributed by atoms with Crippen LogP contribution in [-0.2, 0) is 9.84 Å². The van der Waals surface area contributed by atoms with E-state index in [-0.39, 0.29) is 0 Å². The van der Waals surface area contributed by atoms with Crippen LogP contribution in [0.25, 0.3) is 0 Å². The number of para-hydroxylation sites is 2. The fraction of sp³-hybridized carbons (Fsp3) is 0. The first-order chi connectivity index (χ1) is 10.2. The third kappa shape index (κ3) is 5.54. The highest BCUT2D eigenvalue weighted by atomic mass is 32.2. The lowest BCUT2D eigenvalue weighted by Crippen LogP contribution is -1.94. The van der Waals surface area contributed by atoms with Crippen LogP contribution in [-0.4, -0.2) is 8.42 Å². The molecule has 0 atom stereocenters. The summed E-state index contributed by atoms with van der Waals surface area (Å²) in [6, 6.07) is 18.7. The maximum atomic E-state index is 11.8. The van der Waals surface area contributed by atoms with Gasteiger partial charge in [0, 0.05) is 23.8 Å². The fourth-order valence-electron chi connectivity index (χ4n) is 1.56. The molecule has 0 fully saturated rings. The van der Waals surface area contributed by atoms with Crippen LogP contribution in [0.3, 0.4) is 0 Å². The standard InChI is InChI=1S/C16H16N2O2S/c19-21(20,13-11-17-15-7-3-1-4-8-15)14-12-18-16-9-5-2-6-10-16/h1-14,17-18H. The zero-order valence-corrected chi connectivity index (χ0v) is 12.1. The first kappa shape index (κ1) is 14.9. The largest absolute Gasteiger partial charge is 0.361 e. The highest BCUT2D eigenvalue weighted by Crippen LogP contribution is 2.07. The molecular formula is C16H16N2O2S. The zero-order chi connectivity index (χ0) is 15.0. The lowest BCUT2D eigenvalue weighted by atomic mass is 10.3. The van der Waals surface area contributed by atoms with Crippen LogP contribution in [0.15, 0.2) is 83.9 Å². The molecule has 0 saturated carbocycles. The van der Waals surface area contributed by atoms with E-state index in [9.17, 15) is 8.42 Å². The Balaban J connectivity index is 1.89. The van der Waals surface area contributed by atoms with Crippen molar-refractivity contribution < 1.29 is 8.42 Å². The van der Waals surface area contributed by atoms with Gasteiger partial charge in [0.1, 0.15) is 0 Å². The summed E-state index contributed by atoms with van der Waals surface area (Å²) in [4.78, 5) is 0. The predicted molar refractivity (Wildman–Crippen MR) is 87.3 cm³/mol. The van der Waals surface area contributed by atoms with Gasteiger partial charge in [-0.3, -0.25) is 0 Å². The van der Waals surface area contributed by atoms with Crippen molar-refractivity contribution in [2.24, 2.45) is 0 Å². The van der Waals surface area contributed by atoms with Crippen molar-refractivity contribution in [1.29, 1.82) is 0 Å². The molecule has 2 aromatic carbocycles. The lowest BCUT2D eigenvalue weighted by Gasteiger charge is -1.99. The van der Waals surface area contributed by atoms with Crippen molar-refractivity contribution >= 4 is 21.2 Å². The third-order valence-corrected chi connectivity index (χ3v) is 3.59. The smallest absolute Gasteiger partial charge is 0.195 e. The summed E-state index contributed by atoms with van der Waals surface area (Å²) in [7, 11) is -3.41. The summed E-state index contributed by atoms with van der Waals surface area (Å²) >= 11 is 0. The molecule has 2 N–H and O–H groups in total. The topological polar surface area (TPSA) is 58.2 Å². The van der Waals surface area contributed by atoms with Crippen molar-refractivity contribution in [1.82, 2.24) is 0 Å². The highest BCUT2D eigenvalue weighted by molar-refractivity contribution is 7.97. The third-order valence-electron chi connectivity index (χ3n) is 2.56. The van der Waals surface area contributed by atoms with E-state index in [1.165, 1.54) is 12.4 Å². The molecule has 0 spiro atoms. The zero-order valence-electron chi connectivity index (χ0n) is 11.3. The van der Waals surface area contributed by atoms with E-state index in [0.29, 0.717) is 0 Å². The Kier molecular flexibility index (Phi) is 5.17. The van der Waals surface area contributed by atoms with Crippen molar-refractivity contribution in [3.05, 3.63) is 83.9 Å². The number of anilines is 2. The van der Waals surface area contributed by atoms with E-state index in [1.54, 1.807) is 0 Å². The van der Waals surface area contributed by atoms with Gasteiger partial charge in [0.2, 0.25) is 0 Å². The minimum atomic E-state index is -3.41. The quantitative estimate of drug-likeness (QED) is 0.856. The summed E-state index contributed by atoms with van der Waals surface area (Å²) in [5, 5.41) is 8.02. The van der Waals surface area contributed by atoms with Gasteiger partial charge < -0.3 is 10.6 Å². The summed E-state index contributed by atoms with van der Waals surface area (Å²) in [5.74, 6) is 0. The van der Waals surface area contributed by atoms with E-state index in [4.69, 9.17) is 0 Å². The van der Waals surface area contributed by atoms with Crippen LogP contribution in [0.4, 0.5) is 11.4 Å². The molecule has 0 bridgehead atoms. The molecule has 0 aliphatic carbocycles. The maximum absolute atomic E-state index is 11.8. The van der Waals surface area contributed by atoms with Crippen molar-refractivity contribution in [3.63, 3.8) is 0 Å². The van der Waals surface area contributed by atoms with Gasteiger partial charge in [-0.25, -0.2) is 8.42 Å². The number of nitrogens with one attached hydrogen (secondary N) is 2. The Hall–Kier alpha value is -2.53. The van der Waals surface area contributed by atoms with E-state index < -0.39 is 9.84 Å². The molecule has 2 aromatic rings. The molecule has 0 aliphatic rings. The number of hydrogen-bond acceptors (Lipinski definition) is 4. The normalized spacial score (nSPS) is 11.8. The second-order valence-electron chi connectivity index (χ2n) is 4.22. The molecular weight excluding hydrogens is 284 g/mol. The minimum Gasteiger partial charge on any atom is -0.361 e. The molecule has 2 rings (SSSR count). The van der Waals surface area contributed by atoms with Gasteiger partial charge in [0.25, 0.3) is 0 Å². The average molecular weight is 300 g/mol. The Morgan fingerprint density at radius 1 is 0.667 bits per heavy atom. The van der Waals surface area contributed by atoms with Gasteiger partial charge >= 0.3 is 0 Å². The first-order valence-electron chi connectivity index (χ1n) is 6.37. The molecule has 4 nitrogen and oxygen atoms in total. The Labute approximate surface area is 124 Å². The molecule has 0 aromatic heterocycles. The number of sulfone groups is 1. The van der Waals surface area contributed by atoms with Crippen LogP contribution in [0.5, 0.6) is 0 Å². The predicted octanol–water partition coefficient (Wildman–Crippen LogP) is 3.57. The van der Waals surface area contributed by atoms with Gasteiger partial charge in [0.05, 0.1) is 10.8 Å². The van der Waals surface area contributed by atoms with Crippen molar-refractivity contribution in [3.8, 4) is 0 Å². The fourth-order valence-corrected chi connectivity index (χ4v) is 2.17. The molecule has 108 valence electrons. The number of hydrogen-bond donors (Lipinski definition) is 2. The molecule has 0 unspecified atom stereocenters. The molecule has 0 radical (unpaired) electrons. The maximum Gasteiger partial charge on any atom is 0.195 e. The average Bonchev–Trinajstić information content (AvgIpc) is 2.49. The molecule has 0 saturated heterocycles. The molecule has 5 heteroatoms. The monoisotopic (exact) mass is 300 g/mol. The summed E-state index contributed by atoms with van der Waals surface area (Å²) in [6.45, 7) is 0.